The van der Waals surface area contributed by atoms with E-state index in [0.29, 0.717) is 11.4 Å². The first kappa shape index (κ1) is 15.7. The lowest BCUT2D eigenvalue weighted by atomic mass is 9.99. The van der Waals surface area contributed by atoms with Gasteiger partial charge in [0.1, 0.15) is 18.3 Å². The van der Waals surface area contributed by atoms with Crippen LogP contribution in [0.15, 0.2) is 24.3 Å². The minimum atomic E-state index is -1.27. The first-order valence-electron chi connectivity index (χ1n) is 6.72. The maximum Gasteiger partial charge on any atom is 0.221 e. The fourth-order valence-electron chi connectivity index (χ4n) is 2.19. The summed E-state index contributed by atoms with van der Waals surface area (Å²) in [6.45, 7) is 3.04. The Balaban J connectivity index is 2.02. The zero-order valence-corrected chi connectivity index (χ0v) is 11.9. The SMILES string of the molecule is CC(=O)Nc1ccc(N[C@@H]2O[C@@H](C)[C@H](O)[C@H](O)[C@@H]2O)cc1. The summed E-state index contributed by atoms with van der Waals surface area (Å²) < 4.78 is 5.44. The van der Waals surface area contributed by atoms with E-state index in [4.69, 9.17) is 4.74 Å². The molecule has 1 heterocycles. The molecule has 0 saturated carbocycles. The molecular weight excluding hydrogens is 276 g/mol. The number of carbonyl (C=O) groups is 1. The fourth-order valence-corrected chi connectivity index (χ4v) is 2.19. The van der Waals surface area contributed by atoms with E-state index in [0.717, 1.165) is 0 Å². The van der Waals surface area contributed by atoms with Crippen molar-refractivity contribution in [3.05, 3.63) is 24.3 Å². The highest BCUT2D eigenvalue weighted by atomic mass is 16.5. The number of nitrogens with one attached hydrogen (secondary N) is 2. The molecule has 7 nitrogen and oxygen atoms in total. The Labute approximate surface area is 122 Å². The Morgan fingerprint density at radius 2 is 1.62 bits per heavy atom. The van der Waals surface area contributed by atoms with E-state index < -0.39 is 30.6 Å². The lowest BCUT2D eigenvalue weighted by molar-refractivity contribution is -0.209. The van der Waals surface area contributed by atoms with Gasteiger partial charge in [0.15, 0.2) is 6.23 Å². The largest absolute Gasteiger partial charge is 0.388 e. The van der Waals surface area contributed by atoms with Crippen LogP contribution < -0.4 is 10.6 Å². The molecule has 1 aliphatic heterocycles. The van der Waals surface area contributed by atoms with Crippen LogP contribution in [0.5, 0.6) is 0 Å². The number of anilines is 2. The van der Waals surface area contributed by atoms with Crippen molar-refractivity contribution in [3.63, 3.8) is 0 Å². The van der Waals surface area contributed by atoms with Crippen LogP contribution in [-0.4, -0.2) is 51.9 Å². The maximum atomic E-state index is 10.9. The van der Waals surface area contributed by atoms with Gasteiger partial charge in [-0.1, -0.05) is 0 Å². The molecule has 1 amide bonds. The van der Waals surface area contributed by atoms with Crippen LogP contribution in [0.3, 0.4) is 0 Å². The summed E-state index contributed by atoms with van der Waals surface area (Å²) in [5.74, 6) is -0.160. The van der Waals surface area contributed by atoms with Gasteiger partial charge in [0.25, 0.3) is 0 Å². The number of aliphatic hydroxyl groups is 3. The van der Waals surface area contributed by atoms with Crippen LogP contribution in [-0.2, 0) is 9.53 Å². The lowest BCUT2D eigenvalue weighted by Crippen LogP contribution is -2.58. The third-order valence-corrected chi connectivity index (χ3v) is 3.37. The second-order valence-corrected chi connectivity index (χ2v) is 5.14. The number of benzene rings is 1. The average Bonchev–Trinajstić information content (AvgIpc) is 2.44. The molecule has 0 aromatic heterocycles. The molecule has 0 spiro atoms. The summed E-state index contributed by atoms with van der Waals surface area (Å²) in [5.41, 5.74) is 1.31. The molecule has 0 radical (unpaired) electrons. The van der Waals surface area contributed by atoms with Crippen LogP contribution in [0.2, 0.25) is 0 Å². The van der Waals surface area contributed by atoms with E-state index in [2.05, 4.69) is 10.6 Å². The monoisotopic (exact) mass is 296 g/mol. The van der Waals surface area contributed by atoms with Crippen LogP contribution in [0, 0.1) is 0 Å². The molecule has 7 heteroatoms. The smallest absolute Gasteiger partial charge is 0.221 e. The van der Waals surface area contributed by atoms with Crippen molar-refractivity contribution in [3.8, 4) is 0 Å². The number of amides is 1. The highest BCUT2D eigenvalue weighted by Crippen LogP contribution is 2.23. The number of hydrogen-bond acceptors (Lipinski definition) is 6. The number of aliphatic hydroxyl groups excluding tert-OH is 3. The number of ether oxygens (including phenoxy) is 1. The average molecular weight is 296 g/mol. The normalized spacial score (nSPS) is 32.5. The first-order valence-corrected chi connectivity index (χ1v) is 6.72. The number of rotatable bonds is 3. The molecule has 116 valence electrons. The van der Waals surface area contributed by atoms with Crippen molar-refractivity contribution in [2.24, 2.45) is 0 Å². The van der Waals surface area contributed by atoms with Crippen molar-refractivity contribution in [1.29, 1.82) is 0 Å². The van der Waals surface area contributed by atoms with Gasteiger partial charge in [-0.25, -0.2) is 0 Å². The van der Waals surface area contributed by atoms with Gasteiger partial charge in [-0.3, -0.25) is 4.79 Å². The molecule has 0 aliphatic carbocycles. The standard InChI is InChI=1S/C14H20N2O5/c1-7-11(18)12(19)13(20)14(21-7)16-10-5-3-9(4-6-10)15-8(2)17/h3-7,11-14,16,18-20H,1-2H3,(H,15,17)/t7-,11-,12-,13-,14+/m0/s1. The maximum absolute atomic E-state index is 10.9. The van der Waals surface area contributed by atoms with Crippen LogP contribution >= 0.6 is 0 Å². The summed E-state index contributed by atoms with van der Waals surface area (Å²) in [6.07, 6.45) is -5.07. The highest BCUT2D eigenvalue weighted by molar-refractivity contribution is 5.88. The number of carbonyl (C=O) groups excluding carboxylic acids is 1. The minimum absolute atomic E-state index is 0.160. The Morgan fingerprint density at radius 1 is 1.05 bits per heavy atom. The Hall–Kier alpha value is -1.67. The van der Waals surface area contributed by atoms with Crippen molar-refractivity contribution < 1.29 is 24.9 Å². The fraction of sp³-hybridized carbons (Fsp3) is 0.500. The third kappa shape index (κ3) is 3.70. The quantitative estimate of drug-likeness (QED) is 0.532. The molecule has 1 aromatic rings. The van der Waals surface area contributed by atoms with Gasteiger partial charge >= 0.3 is 0 Å². The van der Waals surface area contributed by atoms with Crippen molar-refractivity contribution in [2.45, 2.75) is 44.5 Å². The summed E-state index contributed by atoms with van der Waals surface area (Å²) in [4.78, 5) is 10.9. The highest BCUT2D eigenvalue weighted by Gasteiger charge is 2.41. The minimum Gasteiger partial charge on any atom is -0.388 e. The molecule has 1 aliphatic rings. The van der Waals surface area contributed by atoms with E-state index >= 15 is 0 Å². The zero-order chi connectivity index (χ0) is 15.6. The molecular formula is C14H20N2O5. The summed E-state index contributed by atoms with van der Waals surface area (Å²) >= 11 is 0. The van der Waals surface area contributed by atoms with Gasteiger partial charge in [-0.15, -0.1) is 0 Å². The van der Waals surface area contributed by atoms with Crippen molar-refractivity contribution in [1.82, 2.24) is 0 Å². The molecule has 0 bridgehead atoms. The van der Waals surface area contributed by atoms with E-state index in [1.807, 2.05) is 0 Å². The zero-order valence-electron chi connectivity index (χ0n) is 11.9. The van der Waals surface area contributed by atoms with Crippen molar-refractivity contribution in [2.75, 3.05) is 10.6 Å². The van der Waals surface area contributed by atoms with E-state index in [9.17, 15) is 20.1 Å². The van der Waals surface area contributed by atoms with Gasteiger partial charge in [0.2, 0.25) is 5.91 Å². The molecule has 0 unspecified atom stereocenters. The van der Waals surface area contributed by atoms with Crippen molar-refractivity contribution >= 4 is 17.3 Å². The molecule has 5 N–H and O–H groups in total. The van der Waals surface area contributed by atoms with E-state index in [1.54, 1.807) is 31.2 Å². The molecule has 1 aromatic carbocycles. The molecule has 2 rings (SSSR count). The van der Waals surface area contributed by atoms with Gasteiger partial charge in [-0.05, 0) is 31.2 Å². The summed E-state index contributed by atoms with van der Waals surface area (Å²) in [6, 6.07) is 6.83. The van der Waals surface area contributed by atoms with E-state index in [-0.39, 0.29) is 5.91 Å². The third-order valence-electron chi connectivity index (χ3n) is 3.37. The molecule has 5 atom stereocenters. The number of hydrogen-bond donors (Lipinski definition) is 5. The van der Waals surface area contributed by atoms with Crippen LogP contribution in [0.25, 0.3) is 0 Å². The van der Waals surface area contributed by atoms with E-state index in [1.165, 1.54) is 6.92 Å². The van der Waals surface area contributed by atoms with Crippen LogP contribution in [0.1, 0.15) is 13.8 Å². The predicted molar refractivity (Wildman–Crippen MR) is 76.7 cm³/mol. The summed E-state index contributed by atoms with van der Waals surface area (Å²) in [5, 5.41) is 34.8. The second-order valence-electron chi connectivity index (χ2n) is 5.14. The Morgan fingerprint density at radius 3 is 2.19 bits per heavy atom. The Kier molecular flexibility index (Phi) is 4.79. The second kappa shape index (κ2) is 6.40. The Bertz CT molecular complexity index is 493. The molecule has 1 fully saturated rings. The molecule has 1 saturated heterocycles. The van der Waals surface area contributed by atoms with Gasteiger partial charge in [0.05, 0.1) is 6.10 Å². The predicted octanol–water partition coefficient (Wildman–Crippen LogP) is -0.116. The lowest BCUT2D eigenvalue weighted by Gasteiger charge is -2.39. The van der Waals surface area contributed by atoms with Gasteiger partial charge in [-0.2, -0.15) is 0 Å². The molecule has 21 heavy (non-hydrogen) atoms. The first-order chi connectivity index (χ1) is 9.88. The van der Waals surface area contributed by atoms with Gasteiger partial charge < -0.3 is 30.7 Å². The summed E-state index contributed by atoms with van der Waals surface area (Å²) in [7, 11) is 0. The topological polar surface area (TPSA) is 111 Å². The van der Waals surface area contributed by atoms with Gasteiger partial charge in [0, 0.05) is 18.3 Å². The van der Waals surface area contributed by atoms with Crippen LogP contribution in [0.4, 0.5) is 11.4 Å².